The Morgan fingerprint density at radius 1 is 1.15 bits per heavy atom. The summed E-state index contributed by atoms with van der Waals surface area (Å²) in [5.41, 5.74) is 4.14. The van der Waals surface area contributed by atoms with E-state index >= 15 is 0 Å². The van der Waals surface area contributed by atoms with Crippen LogP contribution in [0.15, 0.2) is 54.1 Å². The number of benzene rings is 2. The molecule has 1 aliphatic heterocycles. The van der Waals surface area contributed by atoms with Crippen LogP contribution in [0.3, 0.4) is 0 Å². The number of nitrogens with zero attached hydrogens (tertiary/aromatic N) is 2. The Kier molecular flexibility index (Phi) is 6.15. The van der Waals surface area contributed by atoms with Crippen molar-refractivity contribution in [2.75, 3.05) is 46.5 Å². The minimum atomic E-state index is -0.194. The quantitative estimate of drug-likeness (QED) is 0.401. The van der Waals surface area contributed by atoms with Crippen molar-refractivity contribution in [2.45, 2.75) is 18.9 Å². The lowest BCUT2D eigenvalue weighted by Crippen LogP contribution is -2.38. The van der Waals surface area contributed by atoms with Crippen LogP contribution in [0.4, 0.5) is 0 Å². The van der Waals surface area contributed by atoms with E-state index in [0.717, 1.165) is 72.7 Å². The van der Waals surface area contributed by atoms with Gasteiger partial charge in [-0.15, -0.1) is 0 Å². The van der Waals surface area contributed by atoms with Crippen molar-refractivity contribution >= 4 is 17.2 Å². The van der Waals surface area contributed by atoms with Crippen molar-refractivity contribution in [3.05, 3.63) is 76.0 Å². The highest BCUT2D eigenvalue weighted by atomic mass is 16.5. The summed E-state index contributed by atoms with van der Waals surface area (Å²) in [6, 6.07) is 15.8. The van der Waals surface area contributed by atoms with Crippen molar-refractivity contribution in [1.29, 1.82) is 0 Å². The molecule has 1 heterocycles. The molecule has 0 radical (unpaired) electrons. The van der Waals surface area contributed by atoms with Gasteiger partial charge in [0, 0.05) is 31.2 Å². The number of rotatable bonds is 7. The number of ether oxygens (including phenoxy) is 2. The van der Waals surface area contributed by atoms with Crippen molar-refractivity contribution in [1.82, 2.24) is 10.2 Å². The van der Waals surface area contributed by atoms with Crippen LogP contribution in [0.5, 0.6) is 5.75 Å². The Labute approximate surface area is 193 Å². The van der Waals surface area contributed by atoms with Gasteiger partial charge in [0.2, 0.25) is 5.71 Å². The van der Waals surface area contributed by atoms with E-state index in [4.69, 9.17) is 9.47 Å². The zero-order chi connectivity index (χ0) is 22.8. The van der Waals surface area contributed by atoms with Crippen LogP contribution in [-0.4, -0.2) is 73.8 Å². The van der Waals surface area contributed by atoms with Gasteiger partial charge in [-0.2, -0.15) is 0 Å². The van der Waals surface area contributed by atoms with Crippen molar-refractivity contribution < 1.29 is 19.0 Å². The molecular weight excluding hydrogens is 418 g/mol. The molecule has 2 aromatic rings. The summed E-state index contributed by atoms with van der Waals surface area (Å²) >= 11 is 0. The molecule has 2 fully saturated rings. The van der Waals surface area contributed by atoms with E-state index in [-0.39, 0.29) is 11.9 Å². The molecule has 5 rings (SSSR count). The fourth-order valence-corrected chi connectivity index (χ4v) is 4.47. The largest absolute Gasteiger partial charge is 0.624 e. The fourth-order valence-electron chi connectivity index (χ4n) is 4.47. The SMILES string of the molecule is C/[N+]([O-])=C1\C(C(=O)NC2CC2)=C(c2ccccc2)c2ccc(OCCN3CCOCC3)cc21. The Morgan fingerprint density at radius 3 is 2.61 bits per heavy atom. The first kappa shape index (κ1) is 21.7. The van der Waals surface area contributed by atoms with Crippen LogP contribution in [0.25, 0.3) is 5.57 Å². The van der Waals surface area contributed by atoms with Crippen LogP contribution in [0.2, 0.25) is 0 Å². The number of nitrogens with one attached hydrogen (secondary N) is 1. The monoisotopic (exact) mass is 447 g/mol. The third-order valence-electron chi connectivity index (χ3n) is 6.30. The number of amides is 1. The van der Waals surface area contributed by atoms with E-state index in [1.807, 2.05) is 48.5 Å². The molecule has 1 amide bonds. The first-order valence-corrected chi connectivity index (χ1v) is 11.6. The van der Waals surface area contributed by atoms with Gasteiger partial charge in [-0.25, -0.2) is 4.74 Å². The van der Waals surface area contributed by atoms with Gasteiger partial charge in [-0.1, -0.05) is 30.3 Å². The van der Waals surface area contributed by atoms with Gasteiger partial charge in [-0.3, -0.25) is 9.69 Å². The molecule has 7 nitrogen and oxygen atoms in total. The molecule has 0 bridgehead atoms. The molecule has 1 saturated carbocycles. The average molecular weight is 448 g/mol. The van der Waals surface area contributed by atoms with Gasteiger partial charge >= 0.3 is 0 Å². The molecule has 7 heteroatoms. The molecule has 0 aromatic heterocycles. The third-order valence-corrected chi connectivity index (χ3v) is 6.30. The molecular formula is C26H29N3O4. The van der Waals surface area contributed by atoms with Gasteiger partial charge in [0.15, 0.2) is 0 Å². The number of carbonyl (C=O) groups is 1. The van der Waals surface area contributed by atoms with Crippen molar-refractivity contribution in [3.63, 3.8) is 0 Å². The number of hydrogen-bond acceptors (Lipinski definition) is 5. The lowest BCUT2D eigenvalue weighted by Gasteiger charge is -2.26. The number of fused-ring (bicyclic) bond motifs is 1. The van der Waals surface area contributed by atoms with Gasteiger partial charge in [-0.05, 0) is 42.2 Å². The average Bonchev–Trinajstić information content (AvgIpc) is 3.57. The van der Waals surface area contributed by atoms with E-state index in [9.17, 15) is 10.0 Å². The van der Waals surface area contributed by atoms with E-state index in [2.05, 4.69) is 10.2 Å². The van der Waals surface area contributed by atoms with Gasteiger partial charge in [0.25, 0.3) is 5.91 Å². The predicted octanol–water partition coefficient (Wildman–Crippen LogP) is 2.42. The Morgan fingerprint density at radius 2 is 1.91 bits per heavy atom. The molecule has 3 aliphatic rings. The minimum Gasteiger partial charge on any atom is -0.624 e. The Balaban J connectivity index is 1.46. The highest BCUT2D eigenvalue weighted by Gasteiger charge is 2.39. The summed E-state index contributed by atoms with van der Waals surface area (Å²) < 4.78 is 12.2. The van der Waals surface area contributed by atoms with E-state index < -0.39 is 0 Å². The van der Waals surface area contributed by atoms with E-state index in [0.29, 0.717) is 23.6 Å². The van der Waals surface area contributed by atoms with E-state index in [1.165, 1.54) is 7.05 Å². The summed E-state index contributed by atoms with van der Waals surface area (Å²) in [7, 11) is 1.45. The van der Waals surface area contributed by atoms with Gasteiger partial charge < -0.3 is 20.0 Å². The highest BCUT2D eigenvalue weighted by molar-refractivity contribution is 6.36. The summed E-state index contributed by atoms with van der Waals surface area (Å²) in [6.45, 7) is 4.71. The van der Waals surface area contributed by atoms with Crippen LogP contribution < -0.4 is 10.1 Å². The van der Waals surface area contributed by atoms with E-state index in [1.54, 1.807) is 0 Å². The minimum absolute atomic E-state index is 0.194. The zero-order valence-electron chi connectivity index (χ0n) is 18.9. The zero-order valence-corrected chi connectivity index (χ0v) is 18.9. The number of hydroxylamine groups is 1. The molecule has 2 aromatic carbocycles. The third kappa shape index (κ3) is 4.65. The van der Waals surface area contributed by atoms with Crippen molar-refractivity contribution in [2.24, 2.45) is 0 Å². The van der Waals surface area contributed by atoms with Crippen LogP contribution in [0.1, 0.15) is 29.5 Å². The Hall–Kier alpha value is -3.16. The topological polar surface area (TPSA) is 76.9 Å². The first-order valence-electron chi connectivity index (χ1n) is 11.6. The predicted molar refractivity (Wildman–Crippen MR) is 126 cm³/mol. The second kappa shape index (κ2) is 9.37. The number of hydrogen-bond donors (Lipinski definition) is 1. The summed E-state index contributed by atoms with van der Waals surface area (Å²) in [5, 5.41) is 15.8. The summed E-state index contributed by atoms with van der Waals surface area (Å²) in [4.78, 5) is 15.6. The Bertz CT molecular complexity index is 1100. The number of morpholine rings is 1. The number of carbonyl (C=O) groups excluding carboxylic acids is 1. The molecule has 1 N–H and O–H groups in total. The maximum absolute atomic E-state index is 13.3. The molecule has 33 heavy (non-hydrogen) atoms. The first-order chi connectivity index (χ1) is 16.1. The van der Waals surface area contributed by atoms with Crippen molar-refractivity contribution in [3.8, 4) is 5.75 Å². The lowest BCUT2D eigenvalue weighted by atomic mass is 9.97. The molecule has 0 unspecified atom stereocenters. The summed E-state index contributed by atoms with van der Waals surface area (Å²) in [6.07, 6.45) is 1.96. The molecule has 2 aliphatic carbocycles. The van der Waals surface area contributed by atoms with Crippen LogP contribution in [0, 0.1) is 5.21 Å². The second-order valence-electron chi connectivity index (χ2n) is 8.72. The lowest BCUT2D eigenvalue weighted by molar-refractivity contribution is -0.421. The highest BCUT2D eigenvalue weighted by Crippen LogP contribution is 2.40. The molecule has 0 atom stereocenters. The van der Waals surface area contributed by atoms with Gasteiger partial charge in [0.05, 0.1) is 18.8 Å². The van der Waals surface area contributed by atoms with Crippen LogP contribution in [-0.2, 0) is 9.53 Å². The molecule has 0 spiro atoms. The molecule has 172 valence electrons. The molecule has 1 saturated heterocycles. The summed E-state index contributed by atoms with van der Waals surface area (Å²) in [5.74, 6) is 0.498. The standard InChI is InChI=1S/C26H29N3O4/c1-28(31)25-22-17-20(33-16-13-29-11-14-32-15-12-29)9-10-21(22)23(18-5-3-2-4-6-18)24(25)26(30)27-19-7-8-19/h2-6,9-10,17,19H,7-8,11-16H2,1H3,(H,27,30)/b28-25+. The fraction of sp³-hybridized carbons (Fsp3) is 0.385. The normalized spacial score (nSPS) is 19.9. The maximum Gasteiger partial charge on any atom is 0.258 e. The van der Waals surface area contributed by atoms with Gasteiger partial charge in [0.1, 0.15) is 25.0 Å². The smallest absolute Gasteiger partial charge is 0.258 e. The maximum atomic E-state index is 13.3. The van der Waals surface area contributed by atoms with Crippen LogP contribution >= 0.6 is 0 Å². The second-order valence-corrected chi connectivity index (χ2v) is 8.72.